The van der Waals surface area contributed by atoms with Crippen LogP contribution >= 0.6 is 11.6 Å². The summed E-state index contributed by atoms with van der Waals surface area (Å²) in [6.45, 7) is 4.27. The van der Waals surface area contributed by atoms with Crippen molar-refractivity contribution in [3.8, 4) is 5.75 Å². The number of carbonyl (C=O) groups is 5. The smallest absolute Gasteiger partial charge is 0.255 e. The molecule has 0 radical (unpaired) electrons. The normalized spacial score (nSPS) is 16.9. The molecule has 2 saturated heterocycles. The molecule has 1 atom stereocenters. The molecule has 1 unspecified atom stereocenters. The lowest BCUT2D eigenvalue weighted by molar-refractivity contribution is -0.137. The Morgan fingerprint density at radius 3 is 2.60 bits per heavy atom. The van der Waals surface area contributed by atoms with Gasteiger partial charge in [0.1, 0.15) is 29.8 Å². The van der Waals surface area contributed by atoms with Gasteiger partial charge in [0.25, 0.3) is 5.91 Å². The Morgan fingerprint density at radius 2 is 1.82 bits per heavy atom. The number of rotatable bonds is 16. The fourth-order valence-corrected chi connectivity index (χ4v) is 7.89. The van der Waals surface area contributed by atoms with Gasteiger partial charge in [0, 0.05) is 98.7 Å². The van der Waals surface area contributed by atoms with E-state index in [0.29, 0.717) is 91.5 Å². The highest BCUT2D eigenvalue weighted by atomic mass is 35.5. The molecule has 0 bridgehead atoms. The minimum atomic E-state index is -0.644. The van der Waals surface area contributed by atoms with Gasteiger partial charge in [-0.1, -0.05) is 36.6 Å². The van der Waals surface area contributed by atoms with Crippen molar-refractivity contribution in [1.82, 2.24) is 30.0 Å². The molecule has 0 spiro atoms. The van der Waals surface area contributed by atoms with Crippen molar-refractivity contribution < 1.29 is 33.1 Å². The summed E-state index contributed by atoms with van der Waals surface area (Å²) in [5.41, 5.74) is 3.86. The van der Waals surface area contributed by atoms with E-state index in [1.165, 1.54) is 31.6 Å². The molecular formula is C43H47ClFN9O6. The first-order chi connectivity index (χ1) is 29.1. The standard InChI is InChI=1S/C43H47ClFN9O6/c1-60-37-24-34-29(41(48-26-47-34)49-27-12-13-32(45)31(44)22-27)23-35(37)50-38(55)10-7-17-52-18-20-53(21-19-52)40(57)11-4-2-3-5-16-46-33-9-6-8-28-30(33)25-54(43(28)59)36-14-15-39(56)51-42(36)58/h6-10,12-13,22-24,26,36,46H,2-5,11,14-21,25H2,1H3,(H,50,55)(H,47,48,49)(H,51,56,58)/b10-7+. The summed E-state index contributed by atoms with van der Waals surface area (Å²) in [4.78, 5) is 77.3. The van der Waals surface area contributed by atoms with Gasteiger partial charge in [-0.15, -0.1) is 0 Å². The third kappa shape index (κ3) is 10.00. The van der Waals surface area contributed by atoms with Crippen molar-refractivity contribution in [1.29, 1.82) is 0 Å². The summed E-state index contributed by atoms with van der Waals surface area (Å²) >= 11 is 5.95. The number of aromatic nitrogens is 2. The maximum atomic E-state index is 13.7. The van der Waals surface area contributed by atoms with Crippen molar-refractivity contribution in [3.63, 3.8) is 0 Å². The van der Waals surface area contributed by atoms with Crippen LogP contribution in [0.3, 0.4) is 0 Å². The molecule has 3 aliphatic rings. The maximum Gasteiger partial charge on any atom is 0.255 e. The second-order valence-electron chi connectivity index (χ2n) is 14.9. The highest BCUT2D eigenvalue weighted by Gasteiger charge is 2.39. The number of piperidine rings is 1. The van der Waals surface area contributed by atoms with Crippen LogP contribution < -0.4 is 26.0 Å². The number of methoxy groups -OCH3 is 1. The summed E-state index contributed by atoms with van der Waals surface area (Å²) in [7, 11) is 1.50. The van der Waals surface area contributed by atoms with Crippen molar-refractivity contribution >= 4 is 74.9 Å². The monoisotopic (exact) mass is 839 g/mol. The topological polar surface area (TPSA) is 178 Å². The SMILES string of the molecule is COc1cc2ncnc(Nc3ccc(F)c(Cl)c3)c2cc1NC(=O)/C=C/CN1CCN(C(=O)CCCCCCNc2cccc3c2CN(C2CCC(=O)NC2=O)C3=O)CC1. The zero-order valence-electron chi connectivity index (χ0n) is 33.3. The number of fused-ring (bicyclic) bond motifs is 2. The van der Waals surface area contributed by atoms with Crippen LogP contribution in [0.5, 0.6) is 5.75 Å². The number of nitrogens with zero attached hydrogens (tertiary/aromatic N) is 5. The highest BCUT2D eigenvalue weighted by molar-refractivity contribution is 6.31. The molecule has 4 N–H and O–H groups in total. The van der Waals surface area contributed by atoms with E-state index >= 15 is 0 Å². The molecule has 7 rings (SSSR count). The molecule has 314 valence electrons. The number of halogens is 2. The number of ether oxygens (including phenoxy) is 1. The quantitative estimate of drug-likeness (QED) is 0.0624. The van der Waals surface area contributed by atoms with Gasteiger partial charge in [0.2, 0.25) is 23.6 Å². The van der Waals surface area contributed by atoms with Gasteiger partial charge in [-0.3, -0.25) is 34.2 Å². The number of piperazine rings is 1. The minimum Gasteiger partial charge on any atom is -0.494 e. The third-order valence-electron chi connectivity index (χ3n) is 11.0. The molecule has 17 heteroatoms. The number of unbranched alkanes of at least 4 members (excludes halogenated alkanes) is 3. The van der Waals surface area contributed by atoms with Gasteiger partial charge >= 0.3 is 0 Å². The Morgan fingerprint density at radius 1 is 1.00 bits per heavy atom. The molecule has 5 amide bonds. The lowest BCUT2D eigenvalue weighted by Crippen LogP contribution is -2.52. The Balaban J connectivity index is 0.794. The number of carbonyl (C=O) groups excluding carboxylic acids is 5. The van der Waals surface area contributed by atoms with Crippen LogP contribution in [-0.2, 0) is 25.7 Å². The van der Waals surface area contributed by atoms with Gasteiger partial charge in [0.05, 0.1) is 23.3 Å². The van der Waals surface area contributed by atoms with Gasteiger partial charge in [-0.2, -0.15) is 0 Å². The zero-order valence-corrected chi connectivity index (χ0v) is 34.0. The largest absolute Gasteiger partial charge is 0.494 e. The summed E-state index contributed by atoms with van der Waals surface area (Å²) in [6.07, 6.45) is 9.31. The van der Waals surface area contributed by atoms with E-state index in [1.807, 2.05) is 17.0 Å². The average molecular weight is 840 g/mol. The van der Waals surface area contributed by atoms with E-state index < -0.39 is 17.8 Å². The third-order valence-corrected chi connectivity index (χ3v) is 11.3. The van der Waals surface area contributed by atoms with E-state index in [9.17, 15) is 28.4 Å². The molecular weight excluding hydrogens is 793 g/mol. The molecule has 0 aliphatic carbocycles. The van der Waals surface area contributed by atoms with Crippen LogP contribution in [0.25, 0.3) is 10.9 Å². The van der Waals surface area contributed by atoms with Crippen LogP contribution in [0.2, 0.25) is 5.02 Å². The summed E-state index contributed by atoms with van der Waals surface area (Å²) in [6, 6.07) is 12.6. The molecule has 2 fully saturated rings. The number of nitrogens with one attached hydrogen (secondary N) is 4. The molecule has 0 saturated carbocycles. The Hall–Kier alpha value is -6.13. The van der Waals surface area contributed by atoms with E-state index in [4.69, 9.17) is 16.3 Å². The average Bonchev–Trinajstić information content (AvgIpc) is 3.58. The first-order valence-corrected chi connectivity index (χ1v) is 20.5. The predicted octanol–water partition coefficient (Wildman–Crippen LogP) is 5.64. The second kappa shape index (κ2) is 19.3. The lowest BCUT2D eigenvalue weighted by atomic mass is 10.0. The van der Waals surface area contributed by atoms with Crippen molar-refractivity contribution in [3.05, 3.63) is 89.0 Å². The van der Waals surface area contributed by atoms with E-state index in [1.54, 1.807) is 35.2 Å². The predicted molar refractivity (Wildman–Crippen MR) is 226 cm³/mol. The number of hydrogen-bond acceptors (Lipinski definition) is 11. The number of amides is 5. The van der Waals surface area contributed by atoms with Gasteiger partial charge in [-0.25, -0.2) is 14.4 Å². The fourth-order valence-electron chi connectivity index (χ4n) is 7.71. The first-order valence-electron chi connectivity index (χ1n) is 20.1. The van der Waals surface area contributed by atoms with Crippen LogP contribution in [-0.4, -0.2) is 107 Å². The van der Waals surface area contributed by atoms with E-state index in [2.05, 4.69) is 36.1 Å². The molecule has 1 aromatic heterocycles. The Labute approximate surface area is 351 Å². The Bertz CT molecular complexity index is 2320. The number of anilines is 4. The molecule has 3 aliphatic heterocycles. The highest BCUT2D eigenvalue weighted by Crippen LogP contribution is 2.34. The van der Waals surface area contributed by atoms with Crippen LogP contribution in [0.1, 0.15) is 60.9 Å². The second-order valence-corrected chi connectivity index (χ2v) is 15.3. The molecule has 3 aromatic carbocycles. The maximum absolute atomic E-state index is 13.7. The molecule has 4 heterocycles. The van der Waals surface area contributed by atoms with Crippen LogP contribution in [0.15, 0.2) is 67.0 Å². The fraction of sp³-hybridized carbons (Fsp3) is 0.372. The number of imide groups is 1. The summed E-state index contributed by atoms with van der Waals surface area (Å²) in [5.74, 6) is -0.775. The summed E-state index contributed by atoms with van der Waals surface area (Å²) < 4.78 is 19.2. The van der Waals surface area contributed by atoms with Crippen molar-refractivity contribution in [2.75, 3.05) is 62.3 Å². The minimum absolute atomic E-state index is 0.0289. The van der Waals surface area contributed by atoms with E-state index in [-0.39, 0.29) is 35.1 Å². The number of benzene rings is 3. The number of hydrogen-bond donors (Lipinski definition) is 4. The Kier molecular flexibility index (Phi) is 13.5. The summed E-state index contributed by atoms with van der Waals surface area (Å²) in [5, 5.41) is 12.4. The van der Waals surface area contributed by atoms with Crippen molar-refractivity contribution in [2.24, 2.45) is 0 Å². The molecule has 60 heavy (non-hydrogen) atoms. The van der Waals surface area contributed by atoms with Gasteiger partial charge < -0.3 is 30.5 Å². The van der Waals surface area contributed by atoms with Crippen LogP contribution in [0, 0.1) is 5.82 Å². The van der Waals surface area contributed by atoms with Gasteiger partial charge in [-0.05, 0) is 55.7 Å². The van der Waals surface area contributed by atoms with Crippen molar-refractivity contribution in [2.45, 2.75) is 57.5 Å². The van der Waals surface area contributed by atoms with Gasteiger partial charge in [0.15, 0.2) is 0 Å². The van der Waals surface area contributed by atoms with Crippen LogP contribution in [0.4, 0.5) is 27.3 Å². The van der Waals surface area contributed by atoms with E-state index in [0.717, 1.165) is 43.5 Å². The first kappa shape index (κ1) is 42.0. The lowest BCUT2D eigenvalue weighted by Gasteiger charge is -2.34. The zero-order chi connectivity index (χ0) is 42.2. The molecule has 4 aromatic rings. The molecule has 15 nitrogen and oxygen atoms in total.